The molecular weight excluding hydrogens is 268 g/mol. The van der Waals surface area contributed by atoms with Gasteiger partial charge < -0.3 is 20.6 Å². The average molecular weight is 290 g/mol. The summed E-state index contributed by atoms with van der Waals surface area (Å²) in [6, 6.07) is 6.86. The third kappa shape index (κ3) is 3.98. The molecule has 0 saturated heterocycles. The molecule has 0 spiro atoms. The lowest BCUT2D eigenvalue weighted by atomic mass is 9.94. The minimum Gasteiger partial charge on any atom is -0.451 e. The summed E-state index contributed by atoms with van der Waals surface area (Å²) < 4.78 is 5.48. The highest BCUT2D eigenvalue weighted by atomic mass is 16.3. The molecule has 114 valence electrons. The van der Waals surface area contributed by atoms with E-state index in [9.17, 15) is 9.90 Å². The third-order valence-corrected chi connectivity index (χ3v) is 3.24. The molecular formula is C16H22N2O3. The lowest BCUT2D eigenvalue weighted by Crippen LogP contribution is -2.41. The van der Waals surface area contributed by atoms with Gasteiger partial charge in [0.25, 0.3) is 5.91 Å². The van der Waals surface area contributed by atoms with E-state index in [1.54, 1.807) is 31.2 Å². The Balaban J connectivity index is 2.05. The molecule has 1 heterocycles. The van der Waals surface area contributed by atoms with Crippen molar-refractivity contribution in [1.82, 2.24) is 5.32 Å². The summed E-state index contributed by atoms with van der Waals surface area (Å²) in [6.07, 6.45) is 0.615. The number of nitrogen functional groups attached to an aromatic ring is 1. The molecule has 0 aliphatic rings. The van der Waals surface area contributed by atoms with Gasteiger partial charge in [-0.15, -0.1) is 0 Å². The highest BCUT2D eigenvalue weighted by Gasteiger charge is 2.23. The number of aliphatic hydroxyl groups is 1. The first kappa shape index (κ1) is 15.4. The number of anilines is 1. The summed E-state index contributed by atoms with van der Waals surface area (Å²) in [6.45, 7) is 5.95. The van der Waals surface area contributed by atoms with Crippen LogP contribution < -0.4 is 11.1 Å². The first-order chi connectivity index (χ1) is 9.77. The summed E-state index contributed by atoms with van der Waals surface area (Å²) in [5, 5.41) is 13.7. The number of nitrogens with one attached hydrogen (secondary N) is 1. The fourth-order valence-corrected chi connectivity index (χ4v) is 2.48. The number of carbonyl (C=O) groups is 1. The first-order valence-corrected chi connectivity index (χ1v) is 7.06. The highest BCUT2D eigenvalue weighted by molar-refractivity contribution is 5.96. The zero-order valence-corrected chi connectivity index (χ0v) is 12.6. The highest BCUT2D eigenvalue weighted by Crippen LogP contribution is 2.22. The van der Waals surface area contributed by atoms with Crippen molar-refractivity contribution in [2.24, 2.45) is 5.92 Å². The van der Waals surface area contributed by atoms with Crippen molar-refractivity contribution in [3.8, 4) is 0 Å². The smallest absolute Gasteiger partial charge is 0.287 e. The summed E-state index contributed by atoms with van der Waals surface area (Å²) in [7, 11) is 0. The molecule has 1 aromatic heterocycles. The molecule has 5 nitrogen and oxygen atoms in total. The van der Waals surface area contributed by atoms with Gasteiger partial charge in [-0.3, -0.25) is 4.79 Å². The van der Waals surface area contributed by atoms with E-state index in [4.69, 9.17) is 10.2 Å². The fraction of sp³-hybridized carbons (Fsp3) is 0.438. The number of rotatable bonds is 5. The van der Waals surface area contributed by atoms with Gasteiger partial charge in [-0.1, -0.05) is 13.8 Å². The number of nitrogens with two attached hydrogens (primary N) is 1. The van der Waals surface area contributed by atoms with Gasteiger partial charge in [0.2, 0.25) is 0 Å². The van der Waals surface area contributed by atoms with Crippen LogP contribution in [0.4, 0.5) is 5.69 Å². The molecule has 2 aromatic rings. The van der Waals surface area contributed by atoms with E-state index in [1.165, 1.54) is 0 Å². The molecule has 0 fully saturated rings. The maximum atomic E-state index is 12.1. The molecule has 1 aromatic carbocycles. The molecule has 0 radical (unpaired) electrons. The lowest BCUT2D eigenvalue weighted by molar-refractivity contribution is 0.0364. The van der Waals surface area contributed by atoms with Crippen LogP contribution in [-0.2, 0) is 0 Å². The molecule has 4 N–H and O–H groups in total. The van der Waals surface area contributed by atoms with Crippen LogP contribution >= 0.6 is 0 Å². The van der Waals surface area contributed by atoms with Crippen molar-refractivity contribution in [2.45, 2.75) is 32.8 Å². The van der Waals surface area contributed by atoms with Crippen molar-refractivity contribution < 1.29 is 14.3 Å². The molecule has 0 bridgehead atoms. The van der Waals surface area contributed by atoms with Crippen LogP contribution in [0.2, 0.25) is 0 Å². The second-order valence-corrected chi connectivity index (χ2v) is 6.19. The quantitative estimate of drug-likeness (QED) is 0.738. The van der Waals surface area contributed by atoms with Gasteiger partial charge in [0.1, 0.15) is 5.58 Å². The predicted molar refractivity (Wildman–Crippen MR) is 83.0 cm³/mol. The SMILES string of the molecule is CC(C)CC(C)(O)CNC(=O)c1cc2cc(N)ccc2o1. The van der Waals surface area contributed by atoms with Crippen LogP contribution in [-0.4, -0.2) is 23.2 Å². The van der Waals surface area contributed by atoms with Crippen molar-refractivity contribution in [1.29, 1.82) is 0 Å². The number of furan rings is 1. The van der Waals surface area contributed by atoms with Gasteiger partial charge in [-0.2, -0.15) is 0 Å². The Hall–Kier alpha value is -2.01. The Morgan fingerprint density at radius 2 is 2.14 bits per heavy atom. The Morgan fingerprint density at radius 3 is 2.81 bits per heavy atom. The number of hydrogen-bond donors (Lipinski definition) is 3. The van der Waals surface area contributed by atoms with Crippen LogP contribution in [0, 0.1) is 5.92 Å². The zero-order chi connectivity index (χ0) is 15.6. The number of hydrogen-bond acceptors (Lipinski definition) is 4. The number of benzene rings is 1. The third-order valence-electron chi connectivity index (χ3n) is 3.24. The molecule has 1 unspecified atom stereocenters. The van der Waals surface area contributed by atoms with E-state index < -0.39 is 5.60 Å². The Morgan fingerprint density at radius 1 is 1.43 bits per heavy atom. The van der Waals surface area contributed by atoms with Crippen LogP contribution in [0.5, 0.6) is 0 Å². The largest absolute Gasteiger partial charge is 0.451 e. The molecule has 2 rings (SSSR count). The number of amides is 1. The Labute approximate surface area is 124 Å². The van der Waals surface area contributed by atoms with Crippen molar-refractivity contribution in [2.75, 3.05) is 12.3 Å². The molecule has 1 amide bonds. The monoisotopic (exact) mass is 290 g/mol. The van der Waals surface area contributed by atoms with Crippen LogP contribution in [0.15, 0.2) is 28.7 Å². The molecule has 0 aliphatic carbocycles. The summed E-state index contributed by atoms with van der Waals surface area (Å²) in [4.78, 5) is 12.1. The van der Waals surface area contributed by atoms with E-state index >= 15 is 0 Å². The van der Waals surface area contributed by atoms with Gasteiger partial charge in [0, 0.05) is 17.6 Å². The Bertz CT molecular complexity index is 644. The maximum absolute atomic E-state index is 12.1. The number of carbonyl (C=O) groups excluding carboxylic acids is 1. The Kier molecular flexibility index (Phi) is 4.23. The van der Waals surface area contributed by atoms with Crippen molar-refractivity contribution in [3.05, 3.63) is 30.0 Å². The number of fused-ring (bicyclic) bond motifs is 1. The van der Waals surface area contributed by atoms with Crippen LogP contribution in [0.25, 0.3) is 11.0 Å². The lowest BCUT2D eigenvalue weighted by Gasteiger charge is -2.25. The summed E-state index contributed by atoms with van der Waals surface area (Å²) in [5.41, 5.74) is 6.00. The van der Waals surface area contributed by atoms with Crippen LogP contribution in [0.3, 0.4) is 0 Å². The molecule has 0 aliphatic heterocycles. The first-order valence-electron chi connectivity index (χ1n) is 7.06. The van der Waals surface area contributed by atoms with Gasteiger partial charge in [-0.25, -0.2) is 0 Å². The zero-order valence-electron chi connectivity index (χ0n) is 12.6. The molecule has 21 heavy (non-hydrogen) atoms. The van der Waals surface area contributed by atoms with Crippen molar-refractivity contribution >= 4 is 22.6 Å². The minimum atomic E-state index is -0.930. The van der Waals surface area contributed by atoms with E-state index in [0.29, 0.717) is 23.6 Å². The van der Waals surface area contributed by atoms with Gasteiger partial charge >= 0.3 is 0 Å². The molecule has 5 heteroatoms. The second-order valence-electron chi connectivity index (χ2n) is 6.19. The van der Waals surface area contributed by atoms with Gasteiger partial charge in [0.05, 0.1) is 5.60 Å². The van der Waals surface area contributed by atoms with E-state index in [1.807, 2.05) is 13.8 Å². The predicted octanol–water partition coefficient (Wildman–Crippen LogP) is 2.54. The van der Waals surface area contributed by atoms with E-state index in [0.717, 1.165) is 5.39 Å². The normalized spacial score (nSPS) is 14.3. The fourth-order valence-electron chi connectivity index (χ4n) is 2.48. The standard InChI is InChI=1S/C16H22N2O3/c1-10(2)8-16(3,20)9-18-15(19)14-7-11-6-12(17)4-5-13(11)21-14/h4-7,10,20H,8-9,17H2,1-3H3,(H,18,19). The molecule has 1 atom stereocenters. The minimum absolute atomic E-state index is 0.184. The van der Waals surface area contributed by atoms with E-state index in [-0.39, 0.29) is 18.2 Å². The topological polar surface area (TPSA) is 88.5 Å². The van der Waals surface area contributed by atoms with Gasteiger partial charge in [-0.05, 0) is 43.5 Å². The molecule has 0 saturated carbocycles. The average Bonchev–Trinajstić information content (AvgIpc) is 2.77. The maximum Gasteiger partial charge on any atom is 0.287 e. The van der Waals surface area contributed by atoms with E-state index in [2.05, 4.69) is 5.32 Å². The summed E-state index contributed by atoms with van der Waals surface area (Å²) >= 11 is 0. The van der Waals surface area contributed by atoms with Gasteiger partial charge in [0.15, 0.2) is 5.76 Å². The summed E-state index contributed by atoms with van der Waals surface area (Å²) in [5.74, 6) is 0.232. The van der Waals surface area contributed by atoms with Crippen LogP contribution in [0.1, 0.15) is 37.7 Å². The second kappa shape index (κ2) is 5.77. The van der Waals surface area contributed by atoms with Crippen molar-refractivity contribution in [3.63, 3.8) is 0 Å².